The molecule has 0 bridgehead atoms. The average molecular weight is 322 g/mol. The number of allylic oxidation sites excluding steroid dienone is 1. The van der Waals surface area contributed by atoms with Gasteiger partial charge in [-0.1, -0.05) is 13.5 Å². The summed E-state index contributed by atoms with van der Waals surface area (Å²) in [5, 5.41) is 10.1. The van der Waals surface area contributed by atoms with E-state index in [2.05, 4.69) is 6.58 Å². The van der Waals surface area contributed by atoms with Gasteiger partial charge >= 0.3 is 11.9 Å². The number of esters is 2. The van der Waals surface area contributed by atoms with Gasteiger partial charge in [0.05, 0.1) is 11.7 Å². The standard InChI is InChI=1S/C17H22O6/c1-9-4-5-12-13(8-22-11(3)18)17(21)23-16(12)6-10(2)15(20)7-14(9)19/h10,15-16,20H,1,4-8H2,2-3H3/t10?,15-,16+/m0/s1. The molecule has 1 fully saturated rings. The van der Waals surface area contributed by atoms with Gasteiger partial charge in [-0.2, -0.15) is 0 Å². The number of fused-ring (bicyclic) bond motifs is 1. The molecular weight excluding hydrogens is 300 g/mol. The number of rotatable bonds is 2. The Hall–Kier alpha value is -1.95. The van der Waals surface area contributed by atoms with Crippen LogP contribution in [0, 0.1) is 5.92 Å². The molecule has 1 aliphatic heterocycles. The lowest BCUT2D eigenvalue weighted by molar-refractivity contribution is -0.143. The maximum Gasteiger partial charge on any atom is 0.338 e. The maximum atomic E-state index is 12.1. The van der Waals surface area contributed by atoms with E-state index in [0.29, 0.717) is 30.4 Å². The summed E-state index contributed by atoms with van der Waals surface area (Å²) in [7, 11) is 0. The SMILES string of the molecule is C=C1CCC2=C(COC(C)=O)C(=O)O[C@@H]2CC(C)[C@@H](O)CC1=O. The van der Waals surface area contributed by atoms with Crippen molar-refractivity contribution in [2.75, 3.05) is 6.61 Å². The number of hydrogen-bond donors (Lipinski definition) is 1. The molecule has 0 aromatic rings. The first-order chi connectivity index (χ1) is 10.8. The maximum absolute atomic E-state index is 12.1. The van der Waals surface area contributed by atoms with Crippen molar-refractivity contribution in [2.45, 2.75) is 51.7 Å². The molecule has 6 heteroatoms. The van der Waals surface area contributed by atoms with Crippen molar-refractivity contribution < 1.29 is 29.0 Å². The molecule has 0 amide bonds. The monoisotopic (exact) mass is 322 g/mol. The summed E-state index contributed by atoms with van der Waals surface area (Å²) in [5.41, 5.74) is 1.51. The largest absolute Gasteiger partial charge is 0.461 e. The third-order valence-corrected chi connectivity index (χ3v) is 4.42. The second-order valence-electron chi connectivity index (χ2n) is 6.19. The third-order valence-electron chi connectivity index (χ3n) is 4.42. The van der Waals surface area contributed by atoms with Gasteiger partial charge in [0.25, 0.3) is 0 Å². The molecule has 126 valence electrons. The highest BCUT2D eigenvalue weighted by Crippen LogP contribution is 2.34. The predicted molar refractivity (Wildman–Crippen MR) is 81.3 cm³/mol. The van der Waals surface area contributed by atoms with Gasteiger partial charge in [-0.05, 0) is 36.3 Å². The molecule has 1 aliphatic carbocycles. The predicted octanol–water partition coefficient (Wildman–Crippen LogP) is 1.47. The lowest BCUT2D eigenvalue weighted by Gasteiger charge is -2.25. The van der Waals surface area contributed by atoms with Crippen LogP contribution in [0.1, 0.15) is 39.5 Å². The fraction of sp³-hybridized carbons (Fsp3) is 0.588. The minimum absolute atomic E-state index is 0.0417. The van der Waals surface area contributed by atoms with E-state index in [1.165, 1.54) is 6.92 Å². The Labute approximate surface area is 135 Å². The van der Waals surface area contributed by atoms with E-state index in [1.54, 1.807) is 0 Å². The second-order valence-corrected chi connectivity index (χ2v) is 6.19. The van der Waals surface area contributed by atoms with Crippen LogP contribution >= 0.6 is 0 Å². The molecule has 1 heterocycles. The number of aliphatic hydroxyl groups excluding tert-OH is 1. The van der Waals surface area contributed by atoms with Crippen molar-refractivity contribution >= 4 is 17.7 Å². The van der Waals surface area contributed by atoms with Gasteiger partial charge in [-0.15, -0.1) is 0 Å². The Kier molecular flexibility index (Phi) is 5.36. The van der Waals surface area contributed by atoms with E-state index < -0.39 is 24.1 Å². The average Bonchev–Trinajstić information content (AvgIpc) is 2.76. The highest BCUT2D eigenvalue weighted by molar-refractivity contribution is 5.95. The lowest BCUT2D eigenvalue weighted by Crippen LogP contribution is -2.28. The van der Waals surface area contributed by atoms with Crippen LogP contribution < -0.4 is 0 Å². The molecule has 0 aromatic carbocycles. The summed E-state index contributed by atoms with van der Waals surface area (Å²) in [5.74, 6) is -1.33. The Morgan fingerprint density at radius 2 is 2.09 bits per heavy atom. The summed E-state index contributed by atoms with van der Waals surface area (Å²) in [6.07, 6.45) is 0.0892. The smallest absolute Gasteiger partial charge is 0.338 e. The number of ether oxygens (including phenoxy) is 2. The zero-order chi connectivity index (χ0) is 17.1. The van der Waals surface area contributed by atoms with Crippen LogP contribution in [-0.4, -0.2) is 41.6 Å². The Morgan fingerprint density at radius 3 is 2.74 bits per heavy atom. The quantitative estimate of drug-likeness (QED) is 0.611. The van der Waals surface area contributed by atoms with Gasteiger partial charge in [0, 0.05) is 13.3 Å². The second kappa shape index (κ2) is 7.08. The Morgan fingerprint density at radius 1 is 1.39 bits per heavy atom. The molecule has 0 aromatic heterocycles. The van der Waals surface area contributed by atoms with E-state index in [-0.39, 0.29) is 24.7 Å². The molecule has 2 aliphatic rings. The van der Waals surface area contributed by atoms with Gasteiger partial charge in [-0.25, -0.2) is 4.79 Å². The zero-order valence-electron chi connectivity index (χ0n) is 13.5. The fourth-order valence-corrected chi connectivity index (χ4v) is 2.88. The van der Waals surface area contributed by atoms with Crippen LogP contribution in [-0.2, 0) is 23.9 Å². The fourth-order valence-electron chi connectivity index (χ4n) is 2.88. The van der Waals surface area contributed by atoms with Gasteiger partial charge in [0.1, 0.15) is 12.7 Å². The minimum atomic E-state index is -0.796. The number of carbonyl (C=O) groups is 3. The van der Waals surface area contributed by atoms with E-state index in [9.17, 15) is 19.5 Å². The highest BCUT2D eigenvalue weighted by atomic mass is 16.6. The van der Waals surface area contributed by atoms with Crippen LogP contribution in [0.4, 0.5) is 0 Å². The lowest BCUT2D eigenvalue weighted by atomic mass is 9.85. The number of aliphatic hydroxyl groups is 1. The topological polar surface area (TPSA) is 89.9 Å². The van der Waals surface area contributed by atoms with Crippen molar-refractivity contribution in [1.82, 2.24) is 0 Å². The van der Waals surface area contributed by atoms with E-state index in [1.807, 2.05) is 6.92 Å². The van der Waals surface area contributed by atoms with Gasteiger partial charge < -0.3 is 14.6 Å². The van der Waals surface area contributed by atoms with Crippen molar-refractivity contribution in [1.29, 1.82) is 0 Å². The minimum Gasteiger partial charge on any atom is -0.461 e. The Balaban J connectivity index is 2.28. The molecule has 3 atom stereocenters. The van der Waals surface area contributed by atoms with Gasteiger partial charge in [0.15, 0.2) is 5.78 Å². The summed E-state index contributed by atoms with van der Waals surface area (Å²) in [6, 6.07) is 0. The van der Waals surface area contributed by atoms with Crippen molar-refractivity contribution in [2.24, 2.45) is 5.92 Å². The van der Waals surface area contributed by atoms with E-state index >= 15 is 0 Å². The zero-order valence-corrected chi connectivity index (χ0v) is 13.5. The van der Waals surface area contributed by atoms with Crippen molar-refractivity contribution in [3.05, 3.63) is 23.3 Å². The van der Waals surface area contributed by atoms with Crippen molar-refractivity contribution in [3.63, 3.8) is 0 Å². The van der Waals surface area contributed by atoms with Crippen LogP contribution in [0.2, 0.25) is 0 Å². The molecule has 2 rings (SSSR count). The Bertz CT molecular complexity index is 574. The molecule has 6 nitrogen and oxygen atoms in total. The first kappa shape index (κ1) is 17.4. The third kappa shape index (κ3) is 4.07. The van der Waals surface area contributed by atoms with Crippen LogP contribution in [0.5, 0.6) is 0 Å². The highest BCUT2D eigenvalue weighted by Gasteiger charge is 2.37. The number of hydrogen-bond acceptors (Lipinski definition) is 6. The molecular formula is C17H22O6. The summed E-state index contributed by atoms with van der Waals surface area (Å²) in [4.78, 5) is 35.0. The first-order valence-electron chi connectivity index (χ1n) is 7.75. The normalized spacial score (nSPS) is 29.2. The molecule has 1 saturated carbocycles. The van der Waals surface area contributed by atoms with Gasteiger partial charge in [0.2, 0.25) is 0 Å². The van der Waals surface area contributed by atoms with Gasteiger partial charge in [-0.3, -0.25) is 9.59 Å². The van der Waals surface area contributed by atoms with E-state index in [4.69, 9.17) is 9.47 Å². The number of carbonyl (C=O) groups excluding carboxylic acids is 3. The molecule has 0 spiro atoms. The van der Waals surface area contributed by atoms with Crippen LogP contribution in [0.25, 0.3) is 0 Å². The van der Waals surface area contributed by atoms with Crippen molar-refractivity contribution in [3.8, 4) is 0 Å². The number of ketones is 1. The summed E-state index contributed by atoms with van der Waals surface area (Å²) in [6.45, 7) is 6.73. The summed E-state index contributed by atoms with van der Waals surface area (Å²) < 4.78 is 10.3. The molecule has 1 N–H and O–H groups in total. The molecule has 1 unspecified atom stereocenters. The number of Topliss-reactive ketones (excluding diaryl/α,β-unsaturated/α-hetero) is 1. The molecule has 23 heavy (non-hydrogen) atoms. The molecule has 0 saturated heterocycles. The van der Waals surface area contributed by atoms with E-state index in [0.717, 1.165) is 5.57 Å². The summed E-state index contributed by atoms with van der Waals surface area (Å²) >= 11 is 0. The van der Waals surface area contributed by atoms with Crippen LogP contribution in [0.3, 0.4) is 0 Å². The molecule has 0 radical (unpaired) electrons. The first-order valence-corrected chi connectivity index (χ1v) is 7.75. The van der Waals surface area contributed by atoms with Crippen LogP contribution in [0.15, 0.2) is 23.3 Å².